The van der Waals surface area contributed by atoms with E-state index in [-0.39, 0.29) is 27.5 Å². The van der Waals surface area contributed by atoms with Crippen LogP contribution in [0.15, 0.2) is 97.9 Å². The number of carbonyl (C=O) groups is 3. The number of nitrogens with zero attached hydrogens (tertiary/aromatic N) is 4. The molecular formula is C25H21N5O13S3. The first kappa shape index (κ1) is 34.0. The lowest BCUT2D eigenvalue weighted by Crippen LogP contribution is -2.33. The summed E-state index contributed by atoms with van der Waals surface area (Å²) in [5.41, 5.74) is -0.372. The van der Waals surface area contributed by atoms with Gasteiger partial charge in [0.1, 0.15) is 0 Å². The SMILES string of the molecule is O=C(O)C1=NN(c2ccc(S(=O)(=O)O)cc2)C(=O)C1N=Nc1ccc(C(=O)Nc2cccc(S(=O)(=O)CCOS(=O)(=O)O)c2)cc1. The Morgan fingerprint density at radius 2 is 1.57 bits per heavy atom. The van der Waals surface area contributed by atoms with E-state index in [1.807, 2.05) is 0 Å². The van der Waals surface area contributed by atoms with E-state index in [2.05, 4.69) is 24.8 Å². The summed E-state index contributed by atoms with van der Waals surface area (Å²) in [6, 6.07) is 13.0. The van der Waals surface area contributed by atoms with Crippen LogP contribution in [0.1, 0.15) is 10.4 Å². The Kier molecular flexibility index (Phi) is 9.74. The van der Waals surface area contributed by atoms with Crippen molar-refractivity contribution >= 4 is 70.9 Å². The maximum atomic E-state index is 12.9. The van der Waals surface area contributed by atoms with Crippen molar-refractivity contribution < 1.29 is 58.0 Å². The molecule has 0 spiro atoms. The zero-order valence-electron chi connectivity index (χ0n) is 22.9. The summed E-state index contributed by atoms with van der Waals surface area (Å²) in [4.78, 5) is 36.7. The summed E-state index contributed by atoms with van der Waals surface area (Å²) < 4.78 is 90.5. The fraction of sp³-hybridized carbons (Fsp3) is 0.120. The molecule has 3 aromatic rings. The molecule has 0 bridgehead atoms. The topological polar surface area (TPSA) is 276 Å². The number of sulfone groups is 1. The van der Waals surface area contributed by atoms with E-state index in [4.69, 9.17) is 9.11 Å². The Morgan fingerprint density at radius 3 is 2.15 bits per heavy atom. The minimum atomic E-state index is -4.82. The second-order valence-corrected chi connectivity index (χ2v) is 13.7. The van der Waals surface area contributed by atoms with Gasteiger partial charge in [0, 0.05) is 11.3 Å². The zero-order valence-corrected chi connectivity index (χ0v) is 25.3. The molecule has 4 N–H and O–H groups in total. The van der Waals surface area contributed by atoms with Crippen LogP contribution in [-0.4, -0.2) is 81.4 Å². The second kappa shape index (κ2) is 13.2. The minimum Gasteiger partial charge on any atom is -0.477 e. The molecule has 0 fully saturated rings. The largest absolute Gasteiger partial charge is 0.477 e. The number of anilines is 2. The molecule has 21 heteroatoms. The van der Waals surface area contributed by atoms with Gasteiger partial charge in [-0.2, -0.15) is 37.2 Å². The highest BCUT2D eigenvalue weighted by Gasteiger charge is 2.41. The molecule has 0 aromatic heterocycles. The van der Waals surface area contributed by atoms with Gasteiger partial charge in [-0.05, 0) is 66.7 Å². The van der Waals surface area contributed by atoms with Gasteiger partial charge in [-0.1, -0.05) is 6.07 Å². The summed E-state index contributed by atoms with van der Waals surface area (Å²) in [6.45, 7) is -0.827. The average Bonchev–Trinajstić information content (AvgIpc) is 3.31. The van der Waals surface area contributed by atoms with Gasteiger partial charge < -0.3 is 10.4 Å². The molecule has 242 valence electrons. The maximum absolute atomic E-state index is 12.9. The number of carboxylic acids is 1. The van der Waals surface area contributed by atoms with Crippen LogP contribution in [0.5, 0.6) is 0 Å². The van der Waals surface area contributed by atoms with Gasteiger partial charge in [0.25, 0.3) is 21.9 Å². The van der Waals surface area contributed by atoms with E-state index < -0.39 is 77.1 Å². The van der Waals surface area contributed by atoms with Crippen LogP contribution in [0.4, 0.5) is 17.1 Å². The zero-order chi connectivity index (χ0) is 33.9. The van der Waals surface area contributed by atoms with Gasteiger partial charge in [-0.3, -0.25) is 18.7 Å². The summed E-state index contributed by atoms with van der Waals surface area (Å²) in [7, 11) is -13.4. The molecule has 1 aliphatic rings. The van der Waals surface area contributed by atoms with E-state index in [9.17, 15) is 44.7 Å². The Morgan fingerprint density at radius 1 is 0.913 bits per heavy atom. The first-order valence-corrected chi connectivity index (χ1v) is 16.9. The number of hydrogen-bond acceptors (Lipinski definition) is 13. The molecule has 46 heavy (non-hydrogen) atoms. The predicted molar refractivity (Wildman–Crippen MR) is 158 cm³/mol. The summed E-state index contributed by atoms with van der Waals surface area (Å²) in [5, 5.41) is 24.1. The second-order valence-electron chi connectivity index (χ2n) is 9.12. The van der Waals surface area contributed by atoms with Crippen LogP contribution in [-0.2, 0) is 44.1 Å². The van der Waals surface area contributed by atoms with Crippen molar-refractivity contribution in [2.45, 2.75) is 15.8 Å². The molecule has 3 aromatic carbocycles. The van der Waals surface area contributed by atoms with Crippen molar-refractivity contribution in [1.82, 2.24) is 0 Å². The number of hydrazone groups is 1. The van der Waals surface area contributed by atoms with Crippen LogP contribution in [0.2, 0.25) is 0 Å². The molecule has 18 nitrogen and oxygen atoms in total. The number of azo groups is 1. The van der Waals surface area contributed by atoms with Crippen molar-refractivity contribution in [1.29, 1.82) is 0 Å². The van der Waals surface area contributed by atoms with Gasteiger partial charge in [0.15, 0.2) is 15.5 Å². The Labute approximate surface area is 260 Å². The van der Waals surface area contributed by atoms with Crippen molar-refractivity contribution in [2.24, 2.45) is 15.3 Å². The number of nitrogens with one attached hydrogen (secondary N) is 1. The third-order valence-electron chi connectivity index (χ3n) is 5.96. The number of benzene rings is 3. The Hall–Kier alpha value is -4.93. The van der Waals surface area contributed by atoms with E-state index in [1.165, 1.54) is 42.5 Å². The van der Waals surface area contributed by atoms with Gasteiger partial charge in [0.05, 0.1) is 33.5 Å². The molecule has 0 saturated carbocycles. The molecule has 1 unspecified atom stereocenters. The molecule has 2 amide bonds. The predicted octanol–water partition coefficient (Wildman–Crippen LogP) is 1.72. The molecule has 1 atom stereocenters. The van der Waals surface area contributed by atoms with Gasteiger partial charge in [-0.15, -0.1) is 0 Å². The number of hydrogen-bond donors (Lipinski definition) is 4. The van der Waals surface area contributed by atoms with Crippen LogP contribution in [0.3, 0.4) is 0 Å². The lowest BCUT2D eigenvalue weighted by Gasteiger charge is -2.12. The molecule has 0 aliphatic carbocycles. The number of rotatable bonds is 12. The minimum absolute atomic E-state index is 0.00137. The molecule has 1 aliphatic heterocycles. The van der Waals surface area contributed by atoms with E-state index >= 15 is 0 Å². The number of aliphatic carboxylic acids is 1. The standard InChI is InChI=1S/C25H21N5O13S3/c31-23(26-17-2-1-3-20(14-17)44(35,36)13-12-43-46(40,41)42)15-4-6-16(7-5-15)27-28-21-22(25(33)34)29-30(24(21)32)18-8-10-19(11-9-18)45(37,38)39/h1-11,14,21H,12-13H2,(H,26,31)(H,33,34)(H,37,38,39)(H,40,41,42). The van der Waals surface area contributed by atoms with Crippen molar-refractivity contribution in [3.8, 4) is 0 Å². The number of carboxylic acid groups (broad SMARTS) is 1. The highest BCUT2D eigenvalue weighted by molar-refractivity contribution is 7.91. The van der Waals surface area contributed by atoms with Crippen LogP contribution >= 0.6 is 0 Å². The fourth-order valence-corrected chi connectivity index (χ4v) is 5.80. The van der Waals surface area contributed by atoms with Gasteiger partial charge in [-0.25, -0.2) is 17.4 Å². The molecule has 0 saturated heterocycles. The summed E-state index contributed by atoms with van der Waals surface area (Å²) in [6.07, 6.45) is 0. The number of amides is 2. The lowest BCUT2D eigenvalue weighted by atomic mass is 10.2. The monoisotopic (exact) mass is 695 g/mol. The Bertz CT molecular complexity index is 2080. The average molecular weight is 696 g/mol. The molecule has 0 radical (unpaired) electrons. The third kappa shape index (κ3) is 8.41. The lowest BCUT2D eigenvalue weighted by molar-refractivity contribution is -0.130. The molecular weight excluding hydrogens is 674 g/mol. The van der Waals surface area contributed by atoms with E-state index in [0.717, 1.165) is 30.3 Å². The summed E-state index contributed by atoms with van der Waals surface area (Å²) in [5.74, 6) is -3.90. The van der Waals surface area contributed by atoms with Crippen LogP contribution in [0, 0.1) is 0 Å². The van der Waals surface area contributed by atoms with E-state index in [1.54, 1.807) is 0 Å². The van der Waals surface area contributed by atoms with Gasteiger partial charge in [0.2, 0.25) is 6.04 Å². The molecule has 1 heterocycles. The Balaban J connectivity index is 1.43. The fourth-order valence-electron chi connectivity index (χ4n) is 3.79. The van der Waals surface area contributed by atoms with Crippen molar-refractivity contribution in [2.75, 3.05) is 22.7 Å². The summed E-state index contributed by atoms with van der Waals surface area (Å²) >= 11 is 0. The highest BCUT2D eigenvalue weighted by Crippen LogP contribution is 2.26. The molecule has 4 rings (SSSR count). The van der Waals surface area contributed by atoms with E-state index in [0.29, 0.717) is 5.01 Å². The smallest absolute Gasteiger partial charge is 0.397 e. The quantitative estimate of drug-likeness (QED) is 0.155. The maximum Gasteiger partial charge on any atom is 0.397 e. The van der Waals surface area contributed by atoms with Gasteiger partial charge >= 0.3 is 16.4 Å². The van der Waals surface area contributed by atoms with Crippen LogP contribution < -0.4 is 10.3 Å². The van der Waals surface area contributed by atoms with Crippen LogP contribution in [0.25, 0.3) is 0 Å². The third-order valence-corrected chi connectivity index (χ3v) is 8.97. The first-order valence-electron chi connectivity index (χ1n) is 12.4. The highest BCUT2D eigenvalue weighted by atomic mass is 32.3. The normalized spacial score (nSPS) is 15.6. The first-order chi connectivity index (χ1) is 21.4. The number of carbonyl (C=O) groups excluding carboxylic acids is 2. The van der Waals surface area contributed by atoms with Crippen molar-refractivity contribution in [3.63, 3.8) is 0 Å². The van der Waals surface area contributed by atoms with Crippen molar-refractivity contribution in [3.05, 3.63) is 78.4 Å².